The third-order valence-electron chi connectivity index (χ3n) is 8.67. The minimum Gasteiger partial charge on any atom is -0.512 e. The molecule has 2 unspecified atom stereocenters. The number of rotatable bonds is 6. The van der Waals surface area contributed by atoms with Crippen molar-refractivity contribution in [3.63, 3.8) is 0 Å². The highest BCUT2D eigenvalue weighted by molar-refractivity contribution is 7.90. The van der Waals surface area contributed by atoms with E-state index < -0.39 is 49.9 Å². The van der Waals surface area contributed by atoms with E-state index in [0.29, 0.717) is 11.1 Å². The molecule has 4 aliphatic carbocycles. The van der Waals surface area contributed by atoms with Gasteiger partial charge in [-0.3, -0.25) is 18.7 Å². The van der Waals surface area contributed by atoms with Crippen molar-refractivity contribution in [2.45, 2.75) is 25.7 Å². The number of aliphatic imine (C=N–C) groups is 2. The Kier molecular flexibility index (Phi) is 9.78. The van der Waals surface area contributed by atoms with Crippen LogP contribution in [0.15, 0.2) is 127 Å². The Morgan fingerprint density at radius 3 is 1.42 bits per heavy atom. The second-order valence-electron chi connectivity index (χ2n) is 12.3. The van der Waals surface area contributed by atoms with Gasteiger partial charge >= 0.3 is 6.03 Å². The maximum Gasteiger partial charge on any atom is 0.323 e. The normalized spacial score (nSPS) is 21.7. The molecular formula is C35H30N4O11S2. The molecule has 0 radical (unpaired) electrons. The summed E-state index contributed by atoms with van der Waals surface area (Å²) >= 11 is 0. The lowest BCUT2D eigenvalue weighted by Gasteiger charge is -2.27. The molecule has 6 rings (SSSR count). The number of nitrogens with zero attached hydrogens (tertiary/aromatic N) is 2. The smallest absolute Gasteiger partial charge is 0.323 e. The SMILES string of the molecule is O=C(Nc1cccc(C(=O)N=C2C=C(O)C3CC(S(=O)(=O)O)=CC=C3C2)c1)Nc1cccc(C(=O)N=C2C=C(O)C3CC(S(=O)(=O)O)=CC=C3C2)c1. The summed E-state index contributed by atoms with van der Waals surface area (Å²) in [5.74, 6) is -3.02. The van der Waals surface area contributed by atoms with Gasteiger partial charge in [-0.1, -0.05) is 35.4 Å². The Labute approximate surface area is 297 Å². The van der Waals surface area contributed by atoms with Crippen LogP contribution in [-0.2, 0) is 20.2 Å². The number of nitrogens with one attached hydrogen (secondary N) is 2. The molecule has 2 aromatic rings. The van der Waals surface area contributed by atoms with E-state index >= 15 is 0 Å². The van der Waals surface area contributed by atoms with Crippen molar-refractivity contribution < 1.29 is 50.5 Å². The molecule has 2 atom stereocenters. The fourth-order valence-electron chi connectivity index (χ4n) is 6.12. The van der Waals surface area contributed by atoms with Gasteiger partial charge in [0.1, 0.15) is 11.5 Å². The van der Waals surface area contributed by atoms with Crippen LogP contribution < -0.4 is 10.6 Å². The van der Waals surface area contributed by atoms with E-state index in [1.54, 1.807) is 12.1 Å². The Hall–Kier alpha value is -5.75. The van der Waals surface area contributed by atoms with Crippen LogP contribution in [0, 0.1) is 11.8 Å². The van der Waals surface area contributed by atoms with Crippen LogP contribution in [0.3, 0.4) is 0 Å². The maximum absolute atomic E-state index is 13.0. The van der Waals surface area contributed by atoms with Crippen LogP contribution in [0.4, 0.5) is 16.2 Å². The van der Waals surface area contributed by atoms with E-state index in [1.165, 1.54) is 72.9 Å². The number of benzene rings is 2. The van der Waals surface area contributed by atoms with Crippen LogP contribution in [0.25, 0.3) is 0 Å². The molecule has 2 aromatic carbocycles. The van der Waals surface area contributed by atoms with Crippen molar-refractivity contribution in [1.29, 1.82) is 0 Å². The van der Waals surface area contributed by atoms with Crippen molar-refractivity contribution >= 4 is 60.9 Å². The van der Waals surface area contributed by atoms with E-state index in [1.807, 2.05) is 0 Å². The summed E-state index contributed by atoms with van der Waals surface area (Å²) in [5, 5.41) is 26.2. The molecular weight excluding hydrogens is 717 g/mol. The first-order valence-electron chi connectivity index (χ1n) is 15.6. The summed E-state index contributed by atoms with van der Waals surface area (Å²) in [4.78, 5) is 46.6. The van der Waals surface area contributed by atoms with Gasteiger partial charge in [-0.2, -0.15) is 16.8 Å². The Morgan fingerprint density at radius 2 is 1.04 bits per heavy atom. The van der Waals surface area contributed by atoms with Crippen LogP contribution in [0.1, 0.15) is 46.4 Å². The molecule has 15 nitrogen and oxygen atoms in total. The molecule has 0 spiro atoms. The number of hydrogen-bond acceptors (Lipinski definition) is 9. The number of carbonyl (C=O) groups excluding carboxylic acids is 3. The molecule has 0 aliphatic heterocycles. The van der Waals surface area contributed by atoms with Crippen molar-refractivity contribution in [2.24, 2.45) is 21.8 Å². The van der Waals surface area contributed by atoms with Gasteiger partial charge in [0.2, 0.25) is 0 Å². The third kappa shape index (κ3) is 8.24. The zero-order valence-corrected chi connectivity index (χ0v) is 28.6. The largest absolute Gasteiger partial charge is 0.512 e. The van der Waals surface area contributed by atoms with Gasteiger partial charge in [0.25, 0.3) is 32.1 Å². The summed E-state index contributed by atoms with van der Waals surface area (Å²) in [7, 11) is -8.81. The molecule has 0 bridgehead atoms. The second-order valence-corrected chi connectivity index (χ2v) is 15.2. The molecule has 0 saturated carbocycles. The summed E-state index contributed by atoms with van der Waals surface area (Å²) in [6, 6.07) is 11.2. The number of hydrogen-bond donors (Lipinski definition) is 6. The van der Waals surface area contributed by atoms with Gasteiger partial charge in [-0.05, 0) is 73.5 Å². The van der Waals surface area contributed by atoms with Crippen molar-refractivity contribution in [2.75, 3.05) is 10.6 Å². The van der Waals surface area contributed by atoms with Gasteiger partial charge < -0.3 is 20.8 Å². The van der Waals surface area contributed by atoms with Gasteiger partial charge in [0.05, 0.1) is 21.2 Å². The Morgan fingerprint density at radius 1 is 0.635 bits per heavy atom. The number of allylic oxidation sites excluding steroid dienone is 10. The monoisotopic (exact) mass is 746 g/mol. The van der Waals surface area contributed by atoms with E-state index in [-0.39, 0.29) is 80.9 Å². The molecule has 0 saturated heterocycles. The van der Waals surface area contributed by atoms with E-state index in [4.69, 9.17) is 0 Å². The van der Waals surface area contributed by atoms with Crippen LogP contribution in [0.5, 0.6) is 0 Å². The molecule has 0 aromatic heterocycles. The standard InChI is InChI=1S/C35H30N4O11S2/c40-31-15-25(11-19-7-9-27(17-29(19)31)51(45,46)47)36-33(42)21-3-1-5-23(13-21)38-35(44)39-24-6-2-4-22(14-24)34(43)37-26-12-20-8-10-28(52(48,49)50)18-30(20)32(41)16-26/h1-10,13-16,29-30,40-41H,11-12,17-18H2,(H2,38,39,44)(H,45,46,47)(H,48,49,50). The minimum absolute atomic E-state index is 0.119. The highest BCUT2D eigenvalue weighted by atomic mass is 32.2. The molecule has 52 heavy (non-hydrogen) atoms. The Bertz CT molecular complexity index is 2230. The second kappa shape index (κ2) is 14.1. The topological polar surface area (TPSA) is 249 Å². The van der Waals surface area contributed by atoms with Crippen molar-refractivity contribution in [1.82, 2.24) is 0 Å². The predicted molar refractivity (Wildman–Crippen MR) is 191 cm³/mol. The summed E-state index contributed by atoms with van der Waals surface area (Å²) in [6.07, 6.45) is 8.11. The lowest BCUT2D eigenvalue weighted by atomic mass is 9.82. The van der Waals surface area contributed by atoms with Crippen LogP contribution >= 0.6 is 0 Å². The van der Waals surface area contributed by atoms with Gasteiger partial charge in [-0.25, -0.2) is 14.8 Å². The average Bonchev–Trinajstić information content (AvgIpc) is 3.07. The third-order valence-corrected chi connectivity index (χ3v) is 10.6. The molecule has 268 valence electrons. The van der Waals surface area contributed by atoms with Crippen molar-refractivity contribution in [3.8, 4) is 0 Å². The first kappa shape index (κ1) is 36.1. The first-order valence-corrected chi connectivity index (χ1v) is 18.5. The minimum atomic E-state index is -4.41. The lowest BCUT2D eigenvalue weighted by molar-refractivity contribution is 0.0994. The number of carbonyl (C=O) groups is 3. The fourth-order valence-corrected chi connectivity index (χ4v) is 7.35. The van der Waals surface area contributed by atoms with Crippen molar-refractivity contribution in [3.05, 3.63) is 129 Å². The highest BCUT2D eigenvalue weighted by Gasteiger charge is 2.33. The van der Waals surface area contributed by atoms with Crippen LogP contribution in [-0.4, -0.2) is 65.4 Å². The Balaban J connectivity index is 1.09. The predicted octanol–water partition coefficient (Wildman–Crippen LogP) is 5.62. The number of aliphatic hydroxyl groups excluding tert-OH is 2. The quantitative estimate of drug-likeness (QED) is 0.198. The molecule has 0 fully saturated rings. The number of aliphatic hydroxyl groups is 2. The van der Waals surface area contributed by atoms with Gasteiger partial charge in [-0.15, -0.1) is 0 Å². The fraction of sp³-hybridized carbons (Fsp3) is 0.171. The molecule has 4 aliphatic rings. The summed E-state index contributed by atoms with van der Waals surface area (Å²) < 4.78 is 64.7. The first-order chi connectivity index (χ1) is 24.5. The van der Waals surface area contributed by atoms with Crippen LogP contribution in [0.2, 0.25) is 0 Å². The average molecular weight is 747 g/mol. The molecule has 17 heteroatoms. The molecule has 4 amide bonds. The molecule has 6 N–H and O–H groups in total. The molecule has 0 heterocycles. The summed E-state index contributed by atoms with van der Waals surface area (Å²) in [5.41, 5.74) is 2.49. The zero-order chi connectivity index (χ0) is 37.4. The maximum atomic E-state index is 13.0. The highest BCUT2D eigenvalue weighted by Crippen LogP contribution is 2.38. The summed E-state index contributed by atoms with van der Waals surface area (Å²) in [6.45, 7) is 0. The number of anilines is 2. The van der Waals surface area contributed by atoms with E-state index in [9.17, 15) is 50.5 Å². The number of amides is 4. The van der Waals surface area contributed by atoms with E-state index in [2.05, 4.69) is 20.6 Å². The number of urea groups is 1. The number of fused-ring (bicyclic) bond motifs is 2. The van der Waals surface area contributed by atoms with E-state index in [0.717, 1.165) is 0 Å². The zero-order valence-electron chi connectivity index (χ0n) is 26.9. The lowest BCUT2D eigenvalue weighted by Crippen LogP contribution is -2.22. The van der Waals surface area contributed by atoms with Gasteiger partial charge in [0, 0.05) is 47.2 Å². The van der Waals surface area contributed by atoms with Gasteiger partial charge in [0.15, 0.2) is 0 Å².